The predicted molar refractivity (Wildman–Crippen MR) is 84.2 cm³/mol. The highest BCUT2D eigenvalue weighted by atomic mass is 79.9. The number of nitrogens with two attached hydrogens (primary N) is 1. The summed E-state index contributed by atoms with van der Waals surface area (Å²) in [7, 11) is 0. The topological polar surface area (TPSA) is 44.5 Å². The minimum Gasteiger partial charge on any atom is -0.490 e. The molecular weight excluding hydrogens is 318 g/mol. The van der Waals surface area contributed by atoms with E-state index in [0.29, 0.717) is 13.2 Å². The summed E-state index contributed by atoms with van der Waals surface area (Å²) in [6.45, 7) is 2.97. The normalized spacial score (nSPS) is 11.9. The quantitative estimate of drug-likeness (QED) is 0.813. The average Bonchev–Trinajstić information content (AvgIpc) is 2.44. The van der Waals surface area contributed by atoms with Gasteiger partial charge in [-0.3, -0.25) is 0 Å². The molecule has 0 bridgehead atoms. The second kappa shape index (κ2) is 7.31. The highest BCUT2D eigenvalue weighted by Crippen LogP contribution is 2.18. The molecule has 0 fully saturated rings. The van der Waals surface area contributed by atoms with Gasteiger partial charge in [0.1, 0.15) is 24.7 Å². The number of rotatable bonds is 6. The lowest BCUT2D eigenvalue weighted by Gasteiger charge is -2.10. The predicted octanol–water partition coefficient (Wildman–Crippen LogP) is 3.93. The van der Waals surface area contributed by atoms with E-state index in [4.69, 9.17) is 15.2 Å². The molecule has 20 heavy (non-hydrogen) atoms. The number of halogens is 1. The molecule has 0 saturated carbocycles. The maximum Gasteiger partial charge on any atom is 0.122 e. The second-order valence-corrected chi connectivity index (χ2v) is 5.43. The van der Waals surface area contributed by atoms with Crippen LogP contribution in [0.4, 0.5) is 0 Å². The van der Waals surface area contributed by atoms with Gasteiger partial charge in [0.2, 0.25) is 0 Å². The van der Waals surface area contributed by atoms with E-state index in [1.54, 1.807) is 0 Å². The van der Waals surface area contributed by atoms with Crippen molar-refractivity contribution >= 4 is 15.9 Å². The van der Waals surface area contributed by atoms with E-state index >= 15 is 0 Å². The van der Waals surface area contributed by atoms with Crippen molar-refractivity contribution in [2.45, 2.75) is 13.0 Å². The fraction of sp³-hybridized carbons (Fsp3) is 0.250. The van der Waals surface area contributed by atoms with Gasteiger partial charge >= 0.3 is 0 Å². The van der Waals surface area contributed by atoms with Gasteiger partial charge in [0.25, 0.3) is 0 Å². The second-order valence-electron chi connectivity index (χ2n) is 4.51. The van der Waals surface area contributed by atoms with Crippen molar-refractivity contribution in [2.75, 3.05) is 13.2 Å². The molecule has 1 atom stereocenters. The van der Waals surface area contributed by atoms with Crippen LogP contribution in [0.5, 0.6) is 11.5 Å². The van der Waals surface area contributed by atoms with Gasteiger partial charge in [-0.1, -0.05) is 34.1 Å². The monoisotopic (exact) mass is 335 g/mol. The first-order valence-electron chi connectivity index (χ1n) is 6.52. The zero-order valence-electron chi connectivity index (χ0n) is 11.4. The molecule has 0 aliphatic heterocycles. The van der Waals surface area contributed by atoms with E-state index in [2.05, 4.69) is 15.9 Å². The smallest absolute Gasteiger partial charge is 0.122 e. The Bertz CT molecular complexity index is 540. The molecule has 0 radical (unpaired) electrons. The standard InChI is InChI=1S/C16H18BrNO2/c1-12(18)13-5-7-15(8-6-13)19-9-10-20-16-4-2-3-14(17)11-16/h2-8,11-12H,9-10,18H2,1H3/t12-/m0/s1. The first-order valence-corrected chi connectivity index (χ1v) is 7.31. The third-order valence-corrected chi connectivity index (χ3v) is 3.32. The van der Waals surface area contributed by atoms with Gasteiger partial charge in [-0.05, 0) is 42.8 Å². The Morgan fingerprint density at radius 2 is 1.65 bits per heavy atom. The summed E-state index contributed by atoms with van der Waals surface area (Å²) in [6, 6.07) is 15.6. The molecule has 0 unspecified atom stereocenters. The van der Waals surface area contributed by atoms with Crippen molar-refractivity contribution in [3.05, 3.63) is 58.6 Å². The Morgan fingerprint density at radius 3 is 2.25 bits per heavy atom. The lowest BCUT2D eigenvalue weighted by Crippen LogP contribution is -2.09. The van der Waals surface area contributed by atoms with E-state index in [9.17, 15) is 0 Å². The van der Waals surface area contributed by atoms with Crippen molar-refractivity contribution < 1.29 is 9.47 Å². The van der Waals surface area contributed by atoms with E-state index in [-0.39, 0.29) is 6.04 Å². The summed E-state index contributed by atoms with van der Waals surface area (Å²) in [5.41, 5.74) is 6.90. The largest absolute Gasteiger partial charge is 0.490 e. The zero-order chi connectivity index (χ0) is 14.4. The van der Waals surface area contributed by atoms with Crippen LogP contribution in [0.1, 0.15) is 18.5 Å². The number of ether oxygens (including phenoxy) is 2. The molecule has 0 heterocycles. The van der Waals surface area contributed by atoms with Crippen molar-refractivity contribution in [1.29, 1.82) is 0 Å². The van der Waals surface area contributed by atoms with Crippen LogP contribution in [0.3, 0.4) is 0 Å². The summed E-state index contributed by atoms with van der Waals surface area (Å²) in [5, 5.41) is 0. The minimum absolute atomic E-state index is 0.0453. The Labute approximate surface area is 127 Å². The fourth-order valence-corrected chi connectivity index (χ4v) is 2.12. The van der Waals surface area contributed by atoms with Crippen molar-refractivity contribution in [1.82, 2.24) is 0 Å². The lowest BCUT2D eigenvalue weighted by molar-refractivity contribution is 0.217. The van der Waals surface area contributed by atoms with Gasteiger partial charge < -0.3 is 15.2 Å². The summed E-state index contributed by atoms with van der Waals surface area (Å²) in [6.07, 6.45) is 0. The maximum absolute atomic E-state index is 5.80. The lowest BCUT2D eigenvalue weighted by atomic mass is 10.1. The molecule has 106 valence electrons. The minimum atomic E-state index is 0.0453. The molecular formula is C16H18BrNO2. The van der Waals surface area contributed by atoms with Crippen LogP contribution in [0, 0.1) is 0 Å². The van der Waals surface area contributed by atoms with E-state index in [1.165, 1.54) is 0 Å². The Morgan fingerprint density at radius 1 is 1.00 bits per heavy atom. The molecule has 2 aromatic rings. The summed E-state index contributed by atoms with van der Waals surface area (Å²) < 4.78 is 12.2. The van der Waals surface area contributed by atoms with Crippen LogP contribution in [0.2, 0.25) is 0 Å². The fourth-order valence-electron chi connectivity index (χ4n) is 1.74. The molecule has 0 saturated heterocycles. The van der Waals surface area contributed by atoms with Crippen molar-refractivity contribution in [3.63, 3.8) is 0 Å². The summed E-state index contributed by atoms with van der Waals surface area (Å²) in [4.78, 5) is 0. The van der Waals surface area contributed by atoms with Crippen LogP contribution in [-0.4, -0.2) is 13.2 Å². The Hall–Kier alpha value is -1.52. The molecule has 2 N–H and O–H groups in total. The van der Waals surface area contributed by atoms with E-state index < -0.39 is 0 Å². The average molecular weight is 336 g/mol. The Balaban J connectivity index is 1.75. The van der Waals surface area contributed by atoms with Crippen LogP contribution in [0.25, 0.3) is 0 Å². The molecule has 3 nitrogen and oxygen atoms in total. The third kappa shape index (κ3) is 4.54. The third-order valence-electron chi connectivity index (χ3n) is 2.82. The molecule has 2 aromatic carbocycles. The summed E-state index contributed by atoms with van der Waals surface area (Å²) >= 11 is 3.40. The van der Waals surface area contributed by atoms with E-state index in [0.717, 1.165) is 21.5 Å². The van der Waals surface area contributed by atoms with Crippen molar-refractivity contribution in [2.24, 2.45) is 5.73 Å². The van der Waals surface area contributed by atoms with Crippen LogP contribution >= 0.6 is 15.9 Å². The molecule has 4 heteroatoms. The van der Waals surface area contributed by atoms with Gasteiger partial charge in [-0.25, -0.2) is 0 Å². The van der Waals surface area contributed by atoms with Gasteiger partial charge in [-0.15, -0.1) is 0 Å². The molecule has 0 aromatic heterocycles. The van der Waals surface area contributed by atoms with Gasteiger partial charge in [-0.2, -0.15) is 0 Å². The number of hydrogen-bond acceptors (Lipinski definition) is 3. The van der Waals surface area contributed by atoms with E-state index in [1.807, 2.05) is 55.5 Å². The summed E-state index contributed by atoms with van der Waals surface area (Å²) in [5.74, 6) is 1.66. The van der Waals surface area contributed by atoms with Gasteiger partial charge in [0, 0.05) is 10.5 Å². The van der Waals surface area contributed by atoms with Gasteiger partial charge in [0.05, 0.1) is 0 Å². The highest BCUT2D eigenvalue weighted by Gasteiger charge is 2.00. The first-order chi connectivity index (χ1) is 9.65. The van der Waals surface area contributed by atoms with Gasteiger partial charge in [0.15, 0.2) is 0 Å². The van der Waals surface area contributed by atoms with Crippen LogP contribution in [-0.2, 0) is 0 Å². The highest BCUT2D eigenvalue weighted by molar-refractivity contribution is 9.10. The zero-order valence-corrected chi connectivity index (χ0v) is 13.0. The Kier molecular flexibility index (Phi) is 5.44. The van der Waals surface area contributed by atoms with Crippen molar-refractivity contribution in [3.8, 4) is 11.5 Å². The first kappa shape index (κ1) is 14.9. The molecule has 2 rings (SSSR count). The molecule has 0 spiro atoms. The molecule has 0 amide bonds. The van der Waals surface area contributed by atoms with Crippen LogP contribution in [0.15, 0.2) is 53.0 Å². The SMILES string of the molecule is C[C@H](N)c1ccc(OCCOc2cccc(Br)c2)cc1. The number of hydrogen-bond donors (Lipinski definition) is 1. The maximum atomic E-state index is 5.80. The number of benzene rings is 2. The van der Waals surface area contributed by atoms with Crippen LogP contribution < -0.4 is 15.2 Å². The molecule has 0 aliphatic carbocycles. The molecule has 0 aliphatic rings.